The van der Waals surface area contributed by atoms with Gasteiger partial charge < -0.3 is 4.57 Å². The van der Waals surface area contributed by atoms with Gasteiger partial charge in [-0.2, -0.15) is 5.26 Å². The molecule has 1 heterocycles. The molecule has 0 unspecified atom stereocenters. The highest BCUT2D eigenvalue weighted by Gasteiger charge is 2.17. The van der Waals surface area contributed by atoms with Crippen LogP contribution in [0.4, 0.5) is 0 Å². The van der Waals surface area contributed by atoms with Crippen molar-refractivity contribution in [2.45, 2.75) is 32.7 Å². The minimum atomic E-state index is -0.0566. The first-order valence-electron chi connectivity index (χ1n) is 6.77. The molecule has 0 saturated heterocycles. The van der Waals surface area contributed by atoms with Gasteiger partial charge in [0.1, 0.15) is 5.69 Å². The lowest BCUT2D eigenvalue weighted by Gasteiger charge is -2.17. The lowest BCUT2D eigenvalue weighted by molar-refractivity contribution is 0.102. The Morgan fingerprint density at radius 1 is 1.30 bits per heavy atom. The van der Waals surface area contributed by atoms with Gasteiger partial charge in [-0.05, 0) is 37.1 Å². The average molecular weight is 267 g/mol. The summed E-state index contributed by atoms with van der Waals surface area (Å²) in [6.07, 6.45) is 5.24. The van der Waals surface area contributed by atoms with Crippen LogP contribution >= 0.6 is 0 Å². The number of ketones is 1. The van der Waals surface area contributed by atoms with E-state index in [1.165, 1.54) is 0 Å². The normalized spacial score (nSPS) is 10.5. The molecule has 0 atom stereocenters. The van der Waals surface area contributed by atoms with Crippen LogP contribution in [0.25, 0.3) is 0 Å². The molecule has 4 heteroatoms. The average Bonchev–Trinajstić information content (AvgIpc) is 2.97. The van der Waals surface area contributed by atoms with Crippen molar-refractivity contribution in [3.63, 3.8) is 0 Å². The Balaban J connectivity index is 2.34. The third kappa shape index (κ3) is 2.62. The first-order valence-corrected chi connectivity index (χ1v) is 6.77. The molecule has 0 aliphatic rings. The molecule has 20 heavy (non-hydrogen) atoms. The van der Waals surface area contributed by atoms with E-state index in [9.17, 15) is 4.79 Å². The Labute approximate surface area is 118 Å². The lowest BCUT2D eigenvalue weighted by Crippen LogP contribution is -2.14. The van der Waals surface area contributed by atoms with E-state index in [2.05, 4.69) is 18.8 Å². The summed E-state index contributed by atoms with van der Waals surface area (Å²) >= 11 is 0. The number of benzene rings is 1. The maximum absolute atomic E-state index is 12.5. The molecule has 0 N–H and O–H groups in total. The van der Waals surface area contributed by atoms with E-state index in [1.807, 2.05) is 10.6 Å². The highest BCUT2D eigenvalue weighted by atomic mass is 16.1. The smallest absolute Gasteiger partial charge is 0.211 e. The second kappa shape index (κ2) is 6.16. The molecule has 0 spiro atoms. The summed E-state index contributed by atoms with van der Waals surface area (Å²) < 4.78 is 1.94. The standard InChI is InChI=1S/C16H17N3O/c1-3-14(4-2)19-11-18-10-15(19)16(20)13-7-5-12(9-17)6-8-13/h5-8,10-11,14H,3-4H2,1-2H3. The van der Waals surface area contributed by atoms with Crippen molar-refractivity contribution in [2.24, 2.45) is 0 Å². The summed E-state index contributed by atoms with van der Waals surface area (Å²) in [4.78, 5) is 16.6. The van der Waals surface area contributed by atoms with Gasteiger partial charge in [0.15, 0.2) is 0 Å². The van der Waals surface area contributed by atoms with Crippen molar-refractivity contribution in [1.82, 2.24) is 9.55 Å². The van der Waals surface area contributed by atoms with E-state index in [0.29, 0.717) is 16.8 Å². The Morgan fingerprint density at radius 2 is 1.95 bits per heavy atom. The minimum absolute atomic E-state index is 0.0566. The van der Waals surface area contributed by atoms with Crippen LogP contribution in [0.3, 0.4) is 0 Å². The summed E-state index contributed by atoms with van der Waals surface area (Å²) in [6, 6.07) is 9.02. The van der Waals surface area contributed by atoms with Gasteiger partial charge in [0.2, 0.25) is 5.78 Å². The van der Waals surface area contributed by atoms with Crippen molar-refractivity contribution in [1.29, 1.82) is 5.26 Å². The van der Waals surface area contributed by atoms with Gasteiger partial charge in [0, 0.05) is 11.6 Å². The lowest BCUT2D eigenvalue weighted by atomic mass is 10.1. The number of nitrogens with zero attached hydrogens (tertiary/aromatic N) is 3. The van der Waals surface area contributed by atoms with Crippen molar-refractivity contribution in [3.8, 4) is 6.07 Å². The summed E-state index contributed by atoms with van der Waals surface area (Å²) in [7, 11) is 0. The Hall–Kier alpha value is -2.41. The molecule has 0 amide bonds. The van der Waals surface area contributed by atoms with E-state index >= 15 is 0 Å². The van der Waals surface area contributed by atoms with Crippen LogP contribution in [0.1, 0.15) is 54.3 Å². The summed E-state index contributed by atoms with van der Waals surface area (Å²) in [5.41, 5.74) is 1.73. The topological polar surface area (TPSA) is 58.7 Å². The molecule has 1 aromatic heterocycles. The third-order valence-electron chi connectivity index (χ3n) is 3.51. The molecule has 102 valence electrons. The Morgan fingerprint density at radius 3 is 2.50 bits per heavy atom. The fourth-order valence-corrected chi connectivity index (χ4v) is 2.30. The van der Waals surface area contributed by atoms with Crippen LogP contribution in [0.5, 0.6) is 0 Å². The van der Waals surface area contributed by atoms with Gasteiger partial charge in [-0.15, -0.1) is 0 Å². The molecule has 2 rings (SSSR count). The first kappa shape index (κ1) is 14.0. The second-order valence-electron chi connectivity index (χ2n) is 4.67. The fraction of sp³-hybridized carbons (Fsp3) is 0.312. The largest absolute Gasteiger partial charge is 0.325 e. The fourth-order valence-electron chi connectivity index (χ4n) is 2.30. The summed E-state index contributed by atoms with van der Waals surface area (Å²) in [5, 5.41) is 8.78. The first-order chi connectivity index (χ1) is 9.71. The molecule has 0 saturated carbocycles. The molecular formula is C16H17N3O. The highest BCUT2D eigenvalue weighted by molar-refractivity contribution is 6.07. The van der Waals surface area contributed by atoms with Crippen molar-refractivity contribution >= 4 is 5.78 Å². The predicted molar refractivity (Wildman–Crippen MR) is 76.4 cm³/mol. The molecule has 1 aromatic carbocycles. The van der Waals surface area contributed by atoms with Crippen molar-refractivity contribution in [3.05, 3.63) is 53.6 Å². The SMILES string of the molecule is CCC(CC)n1cncc1C(=O)c1ccc(C#N)cc1. The van der Waals surface area contributed by atoms with Gasteiger partial charge >= 0.3 is 0 Å². The van der Waals surface area contributed by atoms with Crippen molar-refractivity contribution in [2.75, 3.05) is 0 Å². The number of carbonyl (C=O) groups excluding carboxylic acids is 1. The summed E-state index contributed by atoms with van der Waals surface area (Å²) in [5.74, 6) is -0.0566. The second-order valence-corrected chi connectivity index (χ2v) is 4.67. The van der Waals surface area contributed by atoms with Crippen LogP contribution in [0, 0.1) is 11.3 Å². The van der Waals surface area contributed by atoms with Gasteiger partial charge in [0.25, 0.3) is 0 Å². The zero-order valence-corrected chi connectivity index (χ0v) is 11.7. The van der Waals surface area contributed by atoms with Crippen LogP contribution in [-0.2, 0) is 0 Å². The van der Waals surface area contributed by atoms with Crippen LogP contribution < -0.4 is 0 Å². The monoisotopic (exact) mass is 267 g/mol. The summed E-state index contributed by atoms with van der Waals surface area (Å²) in [6.45, 7) is 4.20. The van der Waals surface area contributed by atoms with E-state index < -0.39 is 0 Å². The van der Waals surface area contributed by atoms with Crippen LogP contribution in [0.15, 0.2) is 36.8 Å². The molecule has 4 nitrogen and oxygen atoms in total. The molecule has 0 aliphatic heterocycles. The quantitative estimate of drug-likeness (QED) is 0.780. The van der Waals surface area contributed by atoms with E-state index in [1.54, 1.807) is 36.8 Å². The van der Waals surface area contributed by atoms with Crippen LogP contribution in [0.2, 0.25) is 0 Å². The molecule has 2 aromatic rings. The van der Waals surface area contributed by atoms with Crippen molar-refractivity contribution < 1.29 is 4.79 Å². The van der Waals surface area contributed by atoms with Gasteiger partial charge in [-0.25, -0.2) is 4.98 Å². The number of nitriles is 1. The highest BCUT2D eigenvalue weighted by Crippen LogP contribution is 2.20. The molecule has 0 radical (unpaired) electrons. The van der Waals surface area contributed by atoms with Crippen LogP contribution in [-0.4, -0.2) is 15.3 Å². The Kier molecular flexibility index (Phi) is 4.31. The number of aromatic nitrogens is 2. The molecule has 0 fully saturated rings. The van der Waals surface area contributed by atoms with Gasteiger partial charge in [0.05, 0.1) is 24.2 Å². The number of rotatable bonds is 5. The third-order valence-corrected chi connectivity index (χ3v) is 3.51. The van der Waals surface area contributed by atoms with Gasteiger partial charge in [-0.3, -0.25) is 4.79 Å². The maximum Gasteiger partial charge on any atom is 0.211 e. The maximum atomic E-state index is 12.5. The van der Waals surface area contributed by atoms with E-state index in [4.69, 9.17) is 5.26 Å². The van der Waals surface area contributed by atoms with E-state index in [0.717, 1.165) is 12.8 Å². The number of hydrogen-bond donors (Lipinski definition) is 0. The minimum Gasteiger partial charge on any atom is -0.325 e. The zero-order valence-electron chi connectivity index (χ0n) is 11.7. The van der Waals surface area contributed by atoms with Gasteiger partial charge in [-0.1, -0.05) is 13.8 Å². The molecular weight excluding hydrogens is 250 g/mol. The number of carbonyl (C=O) groups is 1. The number of hydrogen-bond acceptors (Lipinski definition) is 3. The molecule has 0 aliphatic carbocycles. The number of imidazole rings is 1. The van der Waals surface area contributed by atoms with E-state index in [-0.39, 0.29) is 11.8 Å². The Bertz CT molecular complexity index is 630. The zero-order chi connectivity index (χ0) is 14.5. The predicted octanol–water partition coefficient (Wildman–Crippen LogP) is 3.35. The molecule has 0 bridgehead atoms.